The highest BCUT2D eigenvalue weighted by Gasteiger charge is 2.14. The average molecular weight is 238 g/mol. The van der Waals surface area contributed by atoms with Crippen LogP contribution in [0, 0.1) is 6.92 Å². The maximum atomic E-state index is 10.9. The van der Waals surface area contributed by atoms with Gasteiger partial charge in [0.1, 0.15) is 5.82 Å². The minimum Gasteiger partial charge on any atom is -0.478 e. The lowest BCUT2D eigenvalue weighted by molar-refractivity contribution is 0.0695. The van der Waals surface area contributed by atoms with E-state index in [9.17, 15) is 4.79 Å². The molecule has 0 aromatic carbocycles. The van der Waals surface area contributed by atoms with Crippen LogP contribution in [-0.2, 0) is 0 Å². The summed E-state index contributed by atoms with van der Waals surface area (Å²) in [5.41, 5.74) is 0.873. The number of carbonyl (C=O) groups is 1. The molecule has 0 atom stereocenters. The second-order valence-corrected chi connectivity index (χ2v) is 4.93. The summed E-state index contributed by atoms with van der Waals surface area (Å²) in [5, 5.41) is 8.91. The Balaban J connectivity index is 2.23. The zero-order chi connectivity index (χ0) is 11.5. The fraction of sp³-hybridized carbons (Fsp3) is 0.455. The molecule has 0 radical (unpaired) electrons. The van der Waals surface area contributed by atoms with Crippen LogP contribution in [-0.4, -0.2) is 40.7 Å². The van der Waals surface area contributed by atoms with Crippen LogP contribution < -0.4 is 4.90 Å². The van der Waals surface area contributed by atoms with Crippen LogP contribution in [0.25, 0.3) is 0 Å². The van der Waals surface area contributed by atoms with Crippen molar-refractivity contribution in [1.82, 2.24) is 4.98 Å². The lowest BCUT2D eigenvalue weighted by Gasteiger charge is -2.27. The number of hydrogen-bond donors (Lipinski definition) is 1. The standard InChI is InChI=1S/C11H14N2O2S/c1-8-9(11(14)15)2-3-10(12-8)13-4-6-16-7-5-13/h2-3H,4-7H2,1H3,(H,14,15). The molecule has 1 aliphatic rings. The quantitative estimate of drug-likeness (QED) is 0.849. The number of nitrogens with zero attached hydrogens (tertiary/aromatic N) is 2. The van der Waals surface area contributed by atoms with Crippen molar-refractivity contribution in [2.45, 2.75) is 6.92 Å². The van der Waals surface area contributed by atoms with E-state index in [1.54, 1.807) is 19.1 Å². The third kappa shape index (κ3) is 2.29. The summed E-state index contributed by atoms with van der Waals surface area (Å²) in [6.45, 7) is 3.72. The minimum absolute atomic E-state index is 0.287. The first-order valence-electron chi connectivity index (χ1n) is 5.22. The average Bonchev–Trinajstić information content (AvgIpc) is 2.29. The van der Waals surface area contributed by atoms with E-state index < -0.39 is 5.97 Å². The second kappa shape index (κ2) is 4.74. The number of aryl methyl sites for hydroxylation is 1. The van der Waals surface area contributed by atoms with Gasteiger partial charge >= 0.3 is 5.97 Å². The molecule has 0 spiro atoms. The highest BCUT2D eigenvalue weighted by Crippen LogP contribution is 2.19. The van der Waals surface area contributed by atoms with Gasteiger partial charge in [0, 0.05) is 24.6 Å². The maximum Gasteiger partial charge on any atom is 0.337 e. The number of hydrogen-bond acceptors (Lipinski definition) is 4. The number of pyridine rings is 1. The second-order valence-electron chi connectivity index (χ2n) is 3.71. The molecule has 0 saturated carbocycles. The Bertz CT molecular complexity index is 403. The van der Waals surface area contributed by atoms with Gasteiger partial charge in [0.2, 0.25) is 0 Å². The summed E-state index contributed by atoms with van der Waals surface area (Å²) in [6, 6.07) is 3.44. The number of aromatic carboxylic acids is 1. The predicted molar refractivity (Wildman–Crippen MR) is 65.5 cm³/mol. The van der Waals surface area contributed by atoms with E-state index in [0.29, 0.717) is 5.69 Å². The van der Waals surface area contributed by atoms with Crippen LogP contribution >= 0.6 is 11.8 Å². The van der Waals surface area contributed by atoms with E-state index in [0.717, 1.165) is 30.4 Å². The van der Waals surface area contributed by atoms with Gasteiger partial charge in [-0.3, -0.25) is 0 Å². The van der Waals surface area contributed by atoms with E-state index in [-0.39, 0.29) is 5.56 Å². The zero-order valence-corrected chi connectivity index (χ0v) is 9.96. The summed E-state index contributed by atoms with van der Waals surface area (Å²) in [4.78, 5) is 17.4. The fourth-order valence-corrected chi connectivity index (χ4v) is 2.65. The molecule has 16 heavy (non-hydrogen) atoms. The molecule has 5 heteroatoms. The first-order valence-corrected chi connectivity index (χ1v) is 6.37. The summed E-state index contributed by atoms with van der Waals surface area (Å²) in [5.74, 6) is 2.21. The highest BCUT2D eigenvalue weighted by molar-refractivity contribution is 7.99. The fourth-order valence-electron chi connectivity index (χ4n) is 1.74. The predicted octanol–water partition coefficient (Wildman–Crippen LogP) is 1.64. The largest absolute Gasteiger partial charge is 0.478 e. The van der Waals surface area contributed by atoms with Crippen LogP contribution in [0.3, 0.4) is 0 Å². The zero-order valence-electron chi connectivity index (χ0n) is 9.14. The topological polar surface area (TPSA) is 53.4 Å². The van der Waals surface area contributed by atoms with E-state index in [1.807, 2.05) is 11.8 Å². The van der Waals surface area contributed by atoms with Crippen molar-refractivity contribution in [2.24, 2.45) is 0 Å². The molecule has 4 nitrogen and oxygen atoms in total. The number of thioether (sulfide) groups is 1. The Morgan fingerprint density at radius 2 is 2.12 bits per heavy atom. The molecular formula is C11H14N2O2S. The summed E-state index contributed by atoms with van der Waals surface area (Å²) in [6.07, 6.45) is 0. The van der Waals surface area contributed by atoms with Gasteiger partial charge in [-0.15, -0.1) is 0 Å². The molecule has 2 rings (SSSR count). The SMILES string of the molecule is Cc1nc(N2CCSCC2)ccc1C(=O)O. The molecular weight excluding hydrogens is 224 g/mol. The van der Waals surface area contributed by atoms with Crippen molar-refractivity contribution in [2.75, 3.05) is 29.5 Å². The summed E-state index contributed by atoms with van der Waals surface area (Å²) in [7, 11) is 0. The molecule has 1 aliphatic heterocycles. The van der Waals surface area contributed by atoms with E-state index in [2.05, 4.69) is 9.88 Å². The molecule has 1 fully saturated rings. The number of carboxylic acids is 1. The van der Waals surface area contributed by atoms with Gasteiger partial charge in [-0.25, -0.2) is 9.78 Å². The Hall–Kier alpha value is -1.23. The van der Waals surface area contributed by atoms with Crippen molar-refractivity contribution in [3.63, 3.8) is 0 Å². The molecule has 86 valence electrons. The molecule has 0 unspecified atom stereocenters. The van der Waals surface area contributed by atoms with Gasteiger partial charge in [0.25, 0.3) is 0 Å². The molecule has 2 heterocycles. The molecule has 0 amide bonds. The van der Waals surface area contributed by atoms with Gasteiger partial charge in [-0.2, -0.15) is 11.8 Å². The highest BCUT2D eigenvalue weighted by atomic mass is 32.2. The Morgan fingerprint density at radius 3 is 2.69 bits per heavy atom. The third-order valence-electron chi connectivity index (χ3n) is 2.64. The van der Waals surface area contributed by atoms with E-state index in [4.69, 9.17) is 5.11 Å². The number of anilines is 1. The number of carboxylic acid groups (broad SMARTS) is 1. The number of rotatable bonds is 2. The first kappa shape index (κ1) is 11.3. The Kier molecular flexibility index (Phi) is 3.33. The lowest BCUT2D eigenvalue weighted by Crippen LogP contribution is -2.33. The first-order chi connectivity index (χ1) is 7.68. The van der Waals surface area contributed by atoms with Crippen LogP contribution in [0.1, 0.15) is 16.1 Å². The molecule has 0 aliphatic carbocycles. The lowest BCUT2D eigenvalue weighted by atomic mass is 10.2. The Labute approximate surface area is 98.7 Å². The summed E-state index contributed by atoms with van der Waals surface area (Å²) < 4.78 is 0. The van der Waals surface area contributed by atoms with Gasteiger partial charge in [-0.1, -0.05) is 0 Å². The molecule has 1 N–H and O–H groups in total. The van der Waals surface area contributed by atoms with E-state index >= 15 is 0 Å². The Morgan fingerprint density at radius 1 is 1.44 bits per heavy atom. The molecule has 1 aromatic heterocycles. The van der Waals surface area contributed by atoms with Crippen molar-refractivity contribution in [3.8, 4) is 0 Å². The van der Waals surface area contributed by atoms with Gasteiger partial charge in [0.15, 0.2) is 0 Å². The van der Waals surface area contributed by atoms with Crippen molar-refractivity contribution in [1.29, 1.82) is 0 Å². The summed E-state index contributed by atoms with van der Waals surface area (Å²) >= 11 is 1.94. The maximum absolute atomic E-state index is 10.9. The third-order valence-corrected chi connectivity index (χ3v) is 3.58. The number of aromatic nitrogens is 1. The van der Waals surface area contributed by atoms with Crippen molar-refractivity contribution < 1.29 is 9.90 Å². The molecule has 1 saturated heterocycles. The molecule has 0 bridgehead atoms. The normalized spacial score (nSPS) is 16.2. The van der Waals surface area contributed by atoms with Gasteiger partial charge in [-0.05, 0) is 19.1 Å². The van der Waals surface area contributed by atoms with Crippen molar-refractivity contribution >= 4 is 23.5 Å². The van der Waals surface area contributed by atoms with Gasteiger partial charge in [0.05, 0.1) is 11.3 Å². The molecule has 1 aromatic rings. The van der Waals surface area contributed by atoms with Gasteiger partial charge < -0.3 is 10.0 Å². The minimum atomic E-state index is -0.911. The van der Waals surface area contributed by atoms with Crippen LogP contribution in [0.4, 0.5) is 5.82 Å². The van der Waals surface area contributed by atoms with E-state index in [1.165, 1.54) is 0 Å². The van der Waals surface area contributed by atoms with Crippen molar-refractivity contribution in [3.05, 3.63) is 23.4 Å². The monoisotopic (exact) mass is 238 g/mol. The van der Waals surface area contributed by atoms with Crippen LogP contribution in [0.15, 0.2) is 12.1 Å². The van der Waals surface area contributed by atoms with Crippen LogP contribution in [0.2, 0.25) is 0 Å². The van der Waals surface area contributed by atoms with Crippen LogP contribution in [0.5, 0.6) is 0 Å². The smallest absolute Gasteiger partial charge is 0.337 e.